The number of piperidine rings is 1. The average molecular weight is 367 g/mol. The predicted octanol–water partition coefficient (Wildman–Crippen LogP) is 2.63. The number of carbonyl (C=O) groups excluding carboxylic acids is 2. The second kappa shape index (κ2) is 5.34. The zero-order chi connectivity index (χ0) is 18.3. The van der Waals surface area contributed by atoms with Crippen LogP contribution in [0.25, 0.3) is 0 Å². The number of ketones is 1. The monoisotopic (exact) mass is 367 g/mol. The number of hydrogen-bond acceptors (Lipinski definition) is 5. The number of rotatable bonds is 2. The lowest BCUT2D eigenvalue weighted by Crippen LogP contribution is -2.65. The lowest BCUT2D eigenvalue weighted by atomic mass is 9.52. The van der Waals surface area contributed by atoms with E-state index in [0.29, 0.717) is 29.9 Å². The van der Waals surface area contributed by atoms with Crippen molar-refractivity contribution in [3.8, 4) is 11.5 Å². The van der Waals surface area contributed by atoms with Crippen molar-refractivity contribution in [2.24, 2.45) is 11.8 Å². The first-order chi connectivity index (χ1) is 13.1. The first-order valence-electron chi connectivity index (χ1n) is 10.4. The van der Waals surface area contributed by atoms with Crippen LogP contribution in [0.2, 0.25) is 0 Å². The topological polar surface area (TPSA) is 55.8 Å². The summed E-state index contributed by atoms with van der Waals surface area (Å²) in [4.78, 5) is 27.8. The Balaban J connectivity index is 1.49. The minimum absolute atomic E-state index is 0.0252. The van der Waals surface area contributed by atoms with E-state index in [1.807, 2.05) is 6.07 Å². The van der Waals surface area contributed by atoms with Gasteiger partial charge >= 0.3 is 5.97 Å². The highest BCUT2D eigenvalue weighted by Crippen LogP contribution is 2.63. The van der Waals surface area contributed by atoms with Crippen LogP contribution in [0.4, 0.5) is 0 Å². The number of hydrogen-bond donors (Lipinski definition) is 0. The number of ether oxygens (including phenoxy) is 2. The van der Waals surface area contributed by atoms with Crippen LogP contribution in [0, 0.1) is 11.8 Å². The molecule has 1 saturated heterocycles. The Hall–Kier alpha value is -1.88. The average Bonchev–Trinajstić information content (AvgIpc) is 2.95. The molecule has 2 saturated carbocycles. The number of esters is 1. The Morgan fingerprint density at radius 3 is 2.93 bits per heavy atom. The van der Waals surface area contributed by atoms with Crippen molar-refractivity contribution in [3.05, 3.63) is 23.3 Å². The Labute approximate surface area is 159 Å². The zero-order valence-electron chi connectivity index (χ0n) is 15.7. The summed E-state index contributed by atoms with van der Waals surface area (Å²) in [6, 6.07) is 4.47. The quantitative estimate of drug-likeness (QED) is 0.594. The number of nitrogens with zero attached hydrogens (tertiary/aromatic N) is 1. The molecule has 1 aromatic rings. The molecule has 4 atom stereocenters. The van der Waals surface area contributed by atoms with Gasteiger partial charge in [-0.2, -0.15) is 0 Å². The van der Waals surface area contributed by atoms with Gasteiger partial charge in [-0.3, -0.25) is 9.59 Å². The van der Waals surface area contributed by atoms with E-state index in [2.05, 4.69) is 18.0 Å². The number of benzene rings is 1. The van der Waals surface area contributed by atoms with Crippen LogP contribution in [0.15, 0.2) is 12.1 Å². The number of likely N-dealkylation sites (N-methyl/N-ethyl adjacent to an activating group) is 1. The van der Waals surface area contributed by atoms with Gasteiger partial charge < -0.3 is 14.4 Å². The van der Waals surface area contributed by atoms with Crippen LogP contribution in [-0.2, 0) is 21.4 Å². The third-order valence-electron chi connectivity index (χ3n) is 8.02. The Morgan fingerprint density at radius 1 is 1.30 bits per heavy atom. The van der Waals surface area contributed by atoms with E-state index in [1.54, 1.807) is 0 Å². The Bertz CT molecular complexity index is 860. The van der Waals surface area contributed by atoms with Crippen molar-refractivity contribution in [1.29, 1.82) is 0 Å². The van der Waals surface area contributed by atoms with Crippen molar-refractivity contribution < 1.29 is 19.1 Å². The first-order valence-corrected chi connectivity index (χ1v) is 10.4. The second-order valence-electron chi connectivity index (χ2n) is 9.13. The van der Waals surface area contributed by atoms with Crippen molar-refractivity contribution >= 4 is 11.8 Å². The molecule has 1 spiro atoms. The molecule has 142 valence electrons. The normalized spacial score (nSPS) is 36.6. The summed E-state index contributed by atoms with van der Waals surface area (Å²) >= 11 is 0. The van der Waals surface area contributed by atoms with Gasteiger partial charge in [0.15, 0.2) is 23.4 Å². The van der Waals surface area contributed by atoms with Gasteiger partial charge in [0.25, 0.3) is 0 Å². The molecule has 2 aliphatic heterocycles. The van der Waals surface area contributed by atoms with Gasteiger partial charge in [0.1, 0.15) is 0 Å². The Morgan fingerprint density at radius 2 is 2.15 bits per heavy atom. The number of likely N-dealkylation sites (tertiary alicyclic amines) is 1. The van der Waals surface area contributed by atoms with E-state index < -0.39 is 6.10 Å². The molecular formula is C22H25NO4. The fraction of sp³-hybridized carbons (Fsp3) is 0.636. The molecule has 0 amide bonds. The lowest BCUT2D eigenvalue weighted by Gasteiger charge is -2.57. The van der Waals surface area contributed by atoms with Gasteiger partial charge in [0.2, 0.25) is 0 Å². The maximum atomic E-state index is 12.9. The summed E-state index contributed by atoms with van der Waals surface area (Å²) < 4.78 is 12.1. The highest BCUT2D eigenvalue weighted by Gasteiger charge is 2.65. The largest absolute Gasteiger partial charge is 0.477 e. The summed E-state index contributed by atoms with van der Waals surface area (Å²) in [5.74, 6) is 1.76. The van der Waals surface area contributed by atoms with Gasteiger partial charge in [-0.25, -0.2) is 0 Å². The zero-order valence-corrected chi connectivity index (χ0v) is 15.7. The fourth-order valence-electron chi connectivity index (χ4n) is 6.43. The highest BCUT2D eigenvalue weighted by molar-refractivity contribution is 5.89. The van der Waals surface area contributed by atoms with Gasteiger partial charge in [0.05, 0.1) is 5.92 Å². The molecule has 1 aromatic carbocycles. The highest BCUT2D eigenvalue weighted by atomic mass is 16.6. The molecule has 5 aliphatic rings. The molecule has 0 aromatic heterocycles. The summed E-state index contributed by atoms with van der Waals surface area (Å²) in [6.45, 7) is 0.985. The van der Waals surface area contributed by atoms with Crippen molar-refractivity contribution in [1.82, 2.24) is 4.90 Å². The van der Waals surface area contributed by atoms with Gasteiger partial charge in [-0.15, -0.1) is 0 Å². The van der Waals surface area contributed by atoms with Crippen LogP contribution in [0.5, 0.6) is 11.5 Å². The summed E-state index contributed by atoms with van der Waals surface area (Å²) in [5.41, 5.74) is 2.25. The third-order valence-corrected chi connectivity index (χ3v) is 8.02. The standard InChI is InChI=1S/C22H25NO4/c1-23-10-9-22-14-6-7-16(24)20(22)27-19-17(26-21(25)12-3-2-4-12)8-5-13(18(19)22)11-15(14)23/h5,8,12,14-15,20H,2-4,6-7,9-11H2,1H3/t14?,15-,20+,22+/m1/s1. The van der Waals surface area contributed by atoms with Crippen LogP contribution < -0.4 is 9.47 Å². The van der Waals surface area contributed by atoms with E-state index in [1.165, 1.54) is 11.1 Å². The summed E-state index contributed by atoms with van der Waals surface area (Å²) in [6.07, 6.45) is 6.02. The molecule has 0 N–H and O–H groups in total. The first kappa shape index (κ1) is 16.1. The molecule has 27 heavy (non-hydrogen) atoms. The molecule has 1 unspecified atom stereocenters. The molecule has 6 rings (SSSR count). The fourth-order valence-corrected chi connectivity index (χ4v) is 6.43. The van der Waals surface area contributed by atoms with Crippen LogP contribution in [-0.4, -0.2) is 42.4 Å². The maximum absolute atomic E-state index is 12.9. The van der Waals surface area contributed by atoms with Crippen molar-refractivity contribution in [2.75, 3.05) is 13.6 Å². The summed E-state index contributed by atoms with van der Waals surface area (Å²) in [5, 5.41) is 0. The third kappa shape index (κ3) is 1.93. The van der Waals surface area contributed by atoms with Crippen LogP contribution >= 0.6 is 0 Å². The van der Waals surface area contributed by atoms with Crippen LogP contribution in [0.1, 0.15) is 49.7 Å². The van der Waals surface area contributed by atoms with E-state index in [9.17, 15) is 9.59 Å². The molecule has 3 fully saturated rings. The van der Waals surface area contributed by atoms with Gasteiger partial charge in [-0.1, -0.05) is 12.5 Å². The van der Waals surface area contributed by atoms with Crippen molar-refractivity contribution in [3.63, 3.8) is 0 Å². The minimum Gasteiger partial charge on any atom is -0.477 e. The number of carbonyl (C=O) groups is 2. The molecule has 5 nitrogen and oxygen atoms in total. The second-order valence-corrected chi connectivity index (χ2v) is 9.13. The molecular weight excluding hydrogens is 342 g/mol. The van der Waals surface area contributed by atoms with Gasteiger partial charge in [0, 0.05) is 23.4 Å². The molecule has 5 heteroatoms. The summed E-state index contributed by atoms with van der Waals surface area (Å²) in [7, 11) is 2.21. The number of Topliss-reactive ketones (excluding diaryl/α,β-unsaturated/α-hetero) is 1. The Kier molecular flexibility index (Phi) is 3.19. The molecule has 2 heterocycles. The van der Waals surface area contributed by atoms with E-state index >= 15 is 0 Å². The van der Waals surface area contributed by atoms with Crippen molar-refractivity contribution in [2.45, 2.75) is 62.5 Å². The van der Waals surface area contributed by atoms with E-state index in [-0.39, 0.29) is 23.1 Å². The molecule has 2 bridgehead atoms. The van der Waals surface area contributed by atoms with Crippen LogP contribution in [0.3, 0.4) is 0 Å². The smallest absolute Gasteiger partial charge is 0.314 e. The van der Waals surface area contributed by atoms with Gasteiger partial charge in [-0.05, 0) is 63.2 Å². The molecule has 0 radical (unpaired) electrons. The van der Waals surface area contributed by atoms with E-state index in [0.717, 1.165) is 45.1 Å². The maximum Gasteiger partial charge on any atom is 0.314 e. The lowest BCUT2D eigenvalue weighted by molar-refractivity contribution is -0.141. The van der Waals surface area contributed by atoms with E-state index in [4.69, 9.17) is 9.47 Å². The SMILES string of the molecule is CN1CC[C@]23c4c5ccc(OC(=O)C6CCC6)c4O[C@H]2C(=O)CCC3[C@H]1C5. The minimum atomic E-state index is -0.398. The molecule has 3 aliphatic carbocycles. The predicted molar refractivity (Wildman–Crippen MR) is 98.0 cm³/mol.